The van der Waals surface area contributed by atoms with Gasteiger partial charge in [-0.15, -0.1) is 0 Å². The minimum Gasteiger partial charge on any atom is -0.456 e. The topological polar surface area (TPSA) is 15.7 Å². The third kappa shape index (κ3) is 3.06. The Morgan fingerprint density at radius 1 is 0.593 bits per heavy atom. The Balaban J connectivity index is 1.46. The lowest BCUT2D eigenvalue weighted by molar-refractivity contribution is 0.367. The molecule has 0 N–H and O–H groups in total. The second kappa shape index (κ2) is 6.84. The molecule has 3 aromatic carbocycles. The molecule has 3 heteroatoms. The maximum atomic E-state index is 6.22. The van der Waals surface area contributed by atoms with Crippen LogP contribution in [-0.2, 0) is 0 Å². The number of para-hydroxylation sites is 3. The van der Waals surface area contributed by atoms with Gasteiger partial charge in [0, 0.05) is 48.7 Å². The van der Waals surface area contributed by atoms with Crippen molar-refractivity contribution in [3.8, 4) is 11.5 Å². The maximum Gasteiger partial charge on any atom is 0.136 e. The van der Waals surface area contributed by atoms with Crippen molar-refractivity contribution in [1.82, 2.24) is 4.90 Å². The van der Waals surface area contributed by atoms with Crippen LogP contribution >= 0.6 is 0 Å². The van der Waals surface area contributed by atoms with E-state index in [9.17, 15) is 0 Å². The van der Waals surface area contributed by atoms with Crippen molar-refractivity contribution in [2.24, 2.45) is 0 Å². The summed E-state index contributed by atoms with van der Waals surface area (Å²) in [7, 11) is 0. The number of fused-ring (bicyclic) bond motifs is 2. The third-order valence-electron chi connectivity index (χ3n) is 5.34. The summed E-state index contributed by atoms with van der Waals surface area (Å²) in [5, 5.41) is 0. The van der Waals surface area contributed by atoms with Crippen LogP contribution in [0.3, 0.4) is 0 Å². The second-order valence-corrected chi connectivity index (χ2v) is 6.98. The van der Waals surface area contributed by atoms with Crippen molar-refractivity contribution in [2.75, 3.05) is 31.1 Å². The van der Waals surface area contributed by atoms with Crippen molar-refractivity contribution in [3.63, 3.8) is 0 Å². The van der Waals surface area contributed by atoms with Crippen LogP contribution in [0.15, 0.2) is 78.9 Å². The predicted octanol–water partition coefficient (Wildman–Crippen LogP) is 5.11. The first kappa shape index (κ1) is 16.0. The van der Waals surface area contributed by atoms with E-state index in [1.165, 1.54) is 16.9 Å². The Bertz CT molecular complexity index is 972. The number of anilines is 1. The lowest BCUT2D eigenvalue weighted by Crippen LogP contribution is -2.45. The molecule has 2 aliphatic rings. The molecule has 0 aliphatic carbocycles. The molecule has 0 radical (unpaired) electrons. The Labute approximate surface area is 160 Å². The monoisotopic (exact) mass is 354 g/mol. The van der Waals surface area contributed by atoms with Crippen LogP contribution in [0.25, 0.3) is 11.8 Å². The summed E-state index contributed by atoms with van der Waals surface area (Å²) >= 11 is 0. The van der Waals surface area contributed by atoms with E-state index in [-0.39, 0.29) is 0 Å². The van der Waals surface area contributed by atoms with E-state index in [4.69, 9.17) is 4.74 Å². The van der Waals surface area contributed by atoms with Crippen molar-refractivity contribution in [2.45, 2.75) is 0 Å². The molecule has 0 bridgehead atoms. The third-order valence-corrected chi connectivity index (χ3v) is 5.34. The average molecular weight is 354 g/mol. The summed E-state index contributed by atoms with van der Waals surface area (Å²) in [6.07, 6.45) is 2.28. The van der Waals surface area contributed by atoms with Crippen LogP contribution < -0.4 is 9.64 Å². The SMILES string of the molecule is C1=C(N2CCN(c3ccccc3)CC2)c2ccccc2Oc2ccccc21. The van der Waals surface area contributed by atoms with Crippen molar-refractivity contribution >= 4 is 17.5 Å². The van der Waals surface area contributed by atoms with Gasteiger partial charge in [0.2, 0.25) is 0 Å². The molecule has 0 atom stereocenters. The van der Waals surface area contributed by atoms with Crippen LogP contribution in [0.5, 0.6) is 11.5 Å². The minimum atomic E-state index is 0.919. The predicted molar refractivity (Wildman–Crippen MR) is 111 cm³/mol. The lowest BCUT2D eigenvalue weighted by atomic mass is 10.1. The number of benzene rings is 3. The van der Waals surface area contributed by atoms with Crippen molar-refractivity contribution in [3.05, 3.63) is 90.0 Å². The zero-order chi connectivity index (χ0) is 18.1. The fourth-order valence-electron chi connectivity index (χ4n) is 3.91. The standard InChI is InChI=1S/C24H22N2O/c1-2-9-20(10-3-1)25-14-16-26(17-15-25)22-18-19-8-4-6-12-23(19)27-24-13-7-5-11-21(22)24/h1-13,18H,14-17H2. The minimum absolute atomic E-state index is 0.919. The van der Waals surface area contributed by atoms with E-state index in [1.807, 2.05) is 18.2 Å². The van der Waals surface area contributed by atoms with Crippen LogP contribution in [0.1, 0.15) is 11.1 Å². The molecule has 1 saturated heterocycles. The van der Waals surface area contributed by atoms with Gasteiger partial charge in [0.25, 0.3) is 0 Å². The van der Waals surface area contributed by atoms with E-state index >= 15 is 0 Å². The van der Waals surface area contributed by atoms with Gasteiger partial charge in [-0.3, -0.25) is 0 Å². The largest absolute Gasteiger partial charge is 0.456 e. The molecule has 5 rings (SSSR count). The van der Waals surface area contributed by atoms with Gasteiger partial charge in [-0.1, -0.05) is 48.5 Å². The first-order chi connectivity index (χ1) is 13.4. The maximum absolute atomic E-state index is 6.22. The van der Waals surface area contributed by atoms with E-state index < -0.39 is 0 Å². The van der Waals surface area contributed by atoms with Gasteiger partial charge in [0.05, 0.1) is 0 Å². The highest BCUT2D eigenvalue weighted by Gasteiger charge is 2.24. The molecule has 0 saturated carbocycles. The van der Waals surface area contributed by atoms with Gasteiger partial charge in [0.15, 0.2) is 0 Å². The zero-order valence-electron chi connectivity index (χ0n) is 15.2. The zero-order valence-corrected chi connectivity index (χ0v) is 15.2. The number of hydrogen-bond acceptors (Lipinski definition) is 3. The molecule has 2 heterocycles. The highest BCUT2D eigenvalue weighted by Crippen LogP contribution is 2.39. The summed E-state index contributed by atoms with van der Waals surface area (Å²) in [5.41, 5.74) is 4.86. The number of piperazine rings is 1. The fraction of sp³-hybridized carbons (Fsp3) is 0.167. The molecule has 27 heavy (non-hydrogen) atoms. The smallest absolute Gasteiger partial charge is 0.136 e. The van der Waals surface area contributed by atoms with Crippen LogP contribution in [0.4, 0.5) is 5.69 Å². The van der Waals surface area contributed by atoms with E-state index in [1.54, 1.807) is 0 Å². The molecule has 0 amide bonds. The van der Waals surface area contributed by atoms with E-state index in [0.717, 1.165) is 43.2 Å². The van der Waals surface area contributed by atoms with Crippen LogP contribution in [0.2, 0.25) is 0 Å². The Morgan fingerprint density at radius 2 is 1.22 bits per heavy atom. The second-order valence-electron chi connectivity index (χ2n) is 6.98. The molecule has 3 aromatic rings. The summed E-state index contributed by atoms with van der Waals surface area (Å²) in [6, 6.07) is 27.3. The number of hydrogen-bond donors (Lipinski definition) is 0. The van der Waals surface area contributed by atoms with Gasteiger partial charge in [-0.2, -0.15) is 0 Å². The molecular formula is C24H22N2O. The molecule has 2 aliphatic heterocycles. The Kier molecular flexibility index (Phi) is 4.06. The van der Waals surface area contributed by atoms with Crippen molar-refractivity contribution in [1.29, 1.82) is 0 Å². The summed E-state index contributed by atoms with van der Waals surface area (Å²) in [5.74, 6) is 1.85. The molecule has 134 valence electrons. The summed E-state index contributed by atoms with van der Waals surface area (Å²) in [4.78, 5) is 4.95. The number of nitrogens with zero attached hydrogens (tertiary/aromatic N) is 2. The first-order valence-corrected chi connectivity index (χ1v) is 9.51. The number of ether oxygens (including phenoxy) is 1. The fourth-order valence-corrected chi connectivity index (χ4v) is 3.91. The molecular weight excluding hydrogens is 332 g/mol. The van der Waals surface area contributed by atoms with Gasteiger partial charge >= 0.3 is 0 Å². The average Bonchev–Trinajstić information content (AvgIpc) is 2.91. The molecule has 3 nitrogen and oxygen atoms in total. The van der Waals surface area contributed by atoms with Gasteiger partial charge in [-0.05, 0) is 36.4 Å². The van der Waals surface area contributed by atoms with Crippen LogP contribution in [-0.4, -0.2) is 31.1 Å². The summed E-state index contributed by atoms with van der Waals surface area (Å²) in [6.45, 7) is 4.03. The lowest BCUT2D eigenvalue weighted by Gasteiger charge is -2.38. The first-order valence-electron chi connectivity index (χ1n) is 9.51. The molecule has 0 aromatic heterocycles. The molecule has 0 unspecified atom stereocenters. The highest BCUT2D eigenvalue weighted by molar-refractivity contribution is 5.86. The van der Waals surface area contributed by atoms with Gasteiger partial charge < -0.3 is 14.5 Å². The van der Waals surface area contributed by atoms with E-state index in [0.29, 0.717) is 0 Å². The van der Waals surface area contributed by atoms with E-state index in [2.05, 4.69) is 76.5 Å². The summed E-state index contributed by atoms with van der Waals surface area (Å²) < 4.78 is 6.22. The highest BCUT2D eigenvalue weighted by atomic mass is 16.5. The Morgan fingerprint density at radius 3 is 2.04 bits per heavy atom. The number of rotatable bonds is 2. The van der Waals surface area contributed by atoms with Crippen LogP contribution in [0, 0.1) is 0 Å². The van der Waals surface area contributed by atoms with Gasteiger partial charge in [0.1, 0.15) is 11.5 Å². The molecule has 1 fully saturated rings. The normalized spacial score (nSPS) is 15.9. The Hall–Kier alpha value is -3.20. The van der Waals surface area contributed by atoms with Crippen molar-refractivity contribution < 1.29 is 4.74 Å². The molecule has 0 spiro atoms. The quantitative estimate of drug-likeness (QED) is 0.636. The van der Waals surface area contributed by atoms with Gasteiger partial charge in [-0.25, -0.2) is 0 Å².